The van der Waals surface area contributed by atoms with Gasteiger partial charge in [0.15, 0.2) is 0 Å². The van der Waals surface area contributed by atoms with Gasteiger partial charge >= 0.3 is 0 Å². The first-order valence-electron chi connectivity index (χ1n) is 9.44. The lowest BCUT2D eigenvalue weighted by molar-refractivity contribution is -0.118. The fourth-order valence-electron chi connectivity index (χ4n) is 3.45. The number of rotatable bonds is 6. The van der Waals surface area contributed by atoms with Gasteiger partial charge in [0.1, 0.15) is 0 Å². The van der Waals surface area contributed by atoms with Gasteiger partial charge < -0.3 is 16.0 Å². The zero-order chi connectivity index (χ0) is 19.3. The first-order chi connectivity index (χ1) is 12.3. The van der Waals surface area contributed by atoms with E-state index in [0.29, 0.717) is 30.9 Å². The third-order valence-electron chi connectivity index (χ3n) is 5.20. The number of carbonyl (C=O) groups excluding carboxylic acids is 2. The molecule has 1 saturated heterocycles. The van der Waals surface area contributed by atoms with Crippen LogP contribution < -0.4 is 11.1 Å². The zero-order valence-corrected chi connectivity index (χ0v) is 16.4. The highest BCUT2D eigenvalue weighted by Crippen LogP contribution is 2.27. The van der Waals surface area contributed by atoms with Crippen molar-refractivity contribution in [3.8, 4) is 0 Å². The quantitative estimate of drug-likeness (QED) is 0.815. The Labute approximate surface area is 156 Å². The predicted octanol–water partition coefficient (Wildman–Crippen LogP) is 2.17. The molecule has 6 nitrogen and oxygen atoms in total. The number of nitrogens with one attached hydrogen (secondary N) is 1. The number of amides is 2. The van der Waals surface area contributed by atoms with E-state index in [1.807, 2.05) is 19.9 Å². The Morgan fingerprint density at radius 2 is 2.00 bits per heavy atom. The Balaban J connectivity index is 1.97. The van der Waals surface area contributed by atoms with Crippen molar-refractivity contribution < 1.29 is 9.59 Å². The minimum Gasteiger partial charge on any atom is -0.339 e. The molecule has 2 amide bonds. The maximum absolute atomic E-state index is 12.5. The largest absolute Gasteiger partial charge is 0.339 e. The third kappa shape index (κ3) is 5.05. The van der Waals surface area contributed by atoms with Crippen LogP contribution in [0, 0.1) is 5.41 Å². The number of piperidine rings is 1. The first-order valence-corrected chi connectivity index (χ1v) is 9.44. The smallest absolute Gasteiger partial charge is 0.253 e. The Kier molecular flexibility index (Phi) is 6.78. The number of likely N-dealkylation sites (tertiary alicyclic amines) is 1. The number of hydrogen-bond donors (Lipinski definition) is 2. The van der Waals surface area contributed by atoms with Crippen molar-refractivity contribution in [2.45, 2.75) is 40.2 Å². The second kappa shape index (κ2) is 8.64. The van der Waals surface area contributed by atoms with Crippen molar-refractivity contribution in [2.24, 2.45) is 11.1 Å². The van der Waals surface area contributed by atoms with Gasteiger partial charge in [-0.15, -0.1) is 0 Å². The number of nitrogens with zero attached hydrogens (tertiary/aromatic N) is 2. The average Bonchev–Trinajstić information content (AvgIpc) is 2.59. The van der Waals surface area contributed by atoms with Crippen molar-refractivity contribution >= 4 is 17.5 Å². The minimum atomic E-state index is -0.0660. The molecule has 1 aromatic rings. The normalized spacial score (nSPS) is 19.8. The maximum atomic E-state index is 12.5. The molecule has 1 unspecified atom stereocenters. The molecule has 6 heteroatoms. The molecule has 1 fully saturated rings. The molecule has 0 saturated carbocycles. The summed E-state index contributed by atoms with van der Waals surface area (Å²) in [5, 5.41) is 2.92. The van der Waals surface area contributed by atoms with E-state index >= 15 is 0 Å². The second-order valence-electron chi connectivity index (χ2n) is 7.70. The van der Waals surface area contributed by atoms with Crippen LogP contribution in [-0.2, 0) is 4.79 Å². The summed E-state index contributed by atoms with van der Waals surface area (Å²) in [5.74, 6) is -0.0819. The number of benzene rings is 1. The summed E-state index contributed by atoms with van der Waals surface area (Å²) in [4.78, 5) is 28.8. The highest BCUT2D eigenvalue weighted by molar-refractivity contribution is 5.97. The van der Waals surface area contributed by atoms with Crippen LogP contribution in [0.5, 0.6) is 0 Å². The zero-order valence-electron chi connectivity index (χ0n) is 16.4. The molecule has 1 aromatic carbocycles. The van der Waals surface area contributed by atoms with E-state index in [0.717, 1.165) is 19.5 Å². The van der Waals surface area contributed by atoms with Crippen LogP contribution in [0.15, 0.2) is 24.3 Å². The molecule has 3 N–H and O–H groups in total. The molecule has 144 valence electrons. The fourth-order valence-corrected chi connectivity index (χ4v) is 3.45. The van der Waals surface area contributed by atoms with Crippen molar-refractivity contribution in [2.75, 3.05) is 38.0 Å². The summed E-state index contributed by atoms with van der Waals surface area (Å²) in [6.45, 7) is 11.5. The molecule has 2 rings (SSSR count). The SMILES string of the molecule is CCN(CC)C(=O)c1cccc(NC(=O)CN2CCC(N)C(C)(C)C2)c1. The summed E-state index contributed by atoms with van der Waals surface area (Å²) in [6, 6.07) is 7.31. The second-order valence-corrected chi connectivity index (χ2v) is 7.70. The van der Waals surface area contributed by atoms with Crippen molar-refractivity contribution in [1.29, 1.82) is 0 Å². The Hall–Kier alpha value is -1.92. The Morgan fingerprint density at radius 3 is 2.62 bits per heavy atom. The predicted molar refractivity (Wildman–Crippen MR) is 105 cm³/mol. The van der Waals surface area contributed by atoms with Crippen LogP contribution in [0.1, 0.15) is 44.5 Å². The summed E-state index contributed by atoms with van der Waals surface area (Å²) in [7, 11) is 0. The monoisotopic (exact) mass is 360 g/mol. The molecule has 1 aliphatic rings. The summed E-state index contributed by atoms with van der Waals surface area (Å²) < 4.78 is 0. The fraction of sp³-hybridized carbons (Fsp3) is 0.600. The lowest BCUT2D eigenvalue weighted by Crippen LogP contribution is -2.53. The van der Waals surface area contributed by atoms with Gasteiger partial charge in [-0.25, -0.2) is 0 Å². The topological polar surface area (TPSA) is 78.7 Å². The van der Waals surface area contributed by atoms with E-state index in [1.165, 1.54) is 0 Å². The lowest BCUT2D eigenvalue weighted by Gasteiger charge is -2.42. The summed E-state index contributed by atoms with van der Waals surface area (Å²) >= 11 is 0. The number of anilines is 1. The molecular weight excluding hydrogens is 328 g/mol. The standard InChI is InChI=1S/C20H32N4O2/c1-5-24(6-2)19(26)15-8-7-9-16(12-15)22-18(25)13-23-11-10-17(21)20(3,4)14-23/h7-9,12,17H,5-6,10-11,13-14,21H2,1-4H3,(H,22,25). The molecule has 1 aliphatic heterocycles. The Morgan fingerprint density at radius 1 is 1.31 bits per heavy atom. The van der Waals surface area contributed by atoms with Gasteiger partial charge in [0, 0.05) is 43.5 Å². The van der Waals surface area contributed by atoms with Crippen molar-refractivity contribution in [1.82, 2.24) is 9.80 Å². The van der Waals surface area contributed by atoms with E-state index < -0.39 is 0 Å². The summed E-state index contributed by atoms with van der Waals surface area (Å²) in [6.07, 6.45) is 0.897. The molecule has 1 atom stereocenters. The highest BCUT2D eigenvalue weighted by atomic mass is 16.2. The lowest BCUT2D eigenvalue weighted by atomic mass is 9.80. The van der Waals surface area contributed by atoms with Gasteiger partial charge in [0.05, 0.1) is 6.54 Å². The van der Waals surface area contributed by atoms with Crippen LogP contribution in [0.3, 0.4) is 0 Å². The molecule has 26 heavy (non-hydrogen) atoms. The third-order valence-corrected chi connectivity index (χ3v) is 5.20. The van der Waals surface area contributed by atoms with Crippen LogP contribution in [0.2, 0.25) is 0 Å². The van der Waals surface area contributed by atoms with E-state index in [-0.39, 0.29) is 23.3 Å². The molecular formula is C20H32N4O2. The van der Waals surface area contributed by atoms with E-state index in [4.69, 9.17) is 5.73 Å². The average molecular weight is 361 g/mol. The number of carbonyl (C=O) groups is 2. The van der Waals surface area contributed by atoms with Crippen LogP contribution in [0.25, 0.3) is 0 Å². The summed E-state index contributed by atoms with van der Waals surface area (Å²) in [5.41, 5.74) is 7.41. The van der Waals surface area contributed by atoms with Gasteiger partial charge in [0.25, 0.3) is 5.91 Å². The molecule has 0 aliphatic carbocycles. The van der Waals surface area contributed by atoms with Crippen molar-refractivity contribution in [3.05, 3.63) is 29.8 Å². The number of nitrogens with two attached hydrogens (primary N) is 1. The van der Waals surface area contributed by atoms with Gasteiger partial charge in [0.2, 0.25) is 5.91 Å². The van der Waals surface area contributed by atoms with Crippen LogP contribution >= 0.6 is 0 Å². The minimum absolute atomic E-state index is 0.00856. The van der Waals surface area contributed by atoms with Crippen molar-refractivity contribution in [3.63, 3.8) is 0 Å². The molecule has 0 spiro atoms. The first kappa shape index (κ1) is 20.4. The van der Waals surface area contributed by atoms with Gasteiger partial charge in [-0.2, -0.15) is 0 Å². The van der Waals surface area contributed by atoms with E-state index in [9.17, 15) is 9.59 Å². The molecule has 0 aromatic heterocycles. The van der Waals surface area contributed by atoms with Crippen LogP contribution in [-0.4, -0.2) is 60.4 Å². The molecule has 0 radical (unpaired) electrons. The van der Waals surface area contributed by atoms with Gasteiger partial charge in [-0.1, -0.05) is 19.9 Å². The van der Waals surface area contributed by atoms with Gasteiger partial charge in [-0.05, 0) is 43.9 Å². The van der Waals surface area contributed by atoms with E-state index in [2.05, 4.69) is 24.1 Å². The molecule has 1 heterocycles. The maximum Gasteiger partial charge on any atom is 0.253 e. The number of hydrogen-bond acceptors (Lipinski definition) is 4. The Bertz CT molecular complexity index is 640. The highest BCUT2D eigenvalue weighted by Gasteiger charge is 2.33. The molecule has 0 bridgehead atoms. The van der Waals surface area contributed by atoms with E-state index in [1.54, 1.807) is 23.1 Å². The van der Waals surface area contributed by atoms with Gasteiger partial charge in [-0.3, -0.25) is 14.5 Å². The van der Waals surface area contributed by atoms with Crippen LogP contribution in [0.4, 0.5) is 5.69 Å².